The van der Waals surface area contributed by atoms with Gasteiger partial charge in [0.15, 0.2) is 5.58 Å². The third-order valence-corrected chi connectivity index (χ3v) is 4.57. The molecule has 2 aromatic carbocycles. The molecule has 0 saturated heterocycles. The van der Waals surface area contributed by atoms with Crippen LogP contribution in [0.5, 0.6) is 0 Å². The third-order valence-electron chi connectivity index (χ3n) is 3.35. The zero-order valence-electron chi connectivity index (χ0n) is 12.7. The van der Waals surface area contributed by atoms with E-state index in [1.54, 1.807) is 0 Å². The van der Waals surface area contributed by atoms with E-state index in [4.69, 9.17) is 4.42 Å². The Balaban J connectivity index is 1.86. The fraction of sp³-hybridized carbons (Fsp3) is 0.0667. The summed E-state index contributed by atoms with van der Waals surface area (Å²) in [6.45, 7) is 0. The van der Waals surface area contributed by atoms with Crippen LogP contribution < -0.4 is 10.6 Å². The van der Waals surface area contributed by atoms with Crippen LogP contribution in [0.15, 0.2) is 61.7 Å². The quantitative estimate of drug-likeness (QED) is 0.532. The van der Waals surface area contributed by atoms with E-state index in [9.17, 15) is 26.4 Å². The van der Waals surface area contributed by atoms with Gasteiger partial charge in [-0.3, -0.25) is 4.98 Å². The molecule has 0 radical (unpaired) electrons. The van der Waals surface area contributed by atoms with E-state index in [0.717, 1.165) is 24.4 Å². The minimum Gasteiger partial charge on any atom is -0.408 e. The molecule has 136 valence electrons. The molecular formula is C15H10F3N3O4S. The Labute approximate surface area is 144 Å². The van der Waals surface area contributed by atoms with Gasteiger partial charge in [0.1, 0.15) is 0 Å². The van der Waals surface area contributed by atoms with Crippen LogP contribution in [-0.2, 0) is 16.2 Å². The van der Waals surface area contributed by atoms with Gasteiger partial charge in [-0.15, -0.1) is 0 Å². The lowest BCUT2D eigenvalue weighted by Crippen LogP contribution is -2.18. The largest absolute Gasteiger partial charge is 0.417 e. The summed E-state index contributed by atoms with van der Waals surface area (Å²) in [7, 11) is -4.17. The van der Waals surface area contributed by atoms with Gasteiger partial charge in [0.05, 0.1) is 22.2 Å². The molecule has 0 aliphatic carbocycles. The molecule has 3 aromatic rings. The third kappa shape index (κ3) is 3.61. The summed E-state index contributed by atoms with van der Waals surface area (Å²) < 4.78 is 67.8. The van der Waals surface area contributed by atoms with Gasteiger partial charge < -0.3 is 4.42 Å². The summed E-state index contributed by atoms with van der Waals surface area (Å²) in [6, 6.07) is 8.19. The molecule has 7 nitrogen and oxygen atoms in total. The second-order valence-electron chi connectivity index (χ2n) is 5.11. The van der Waals surface area contributed by atoms with Crippen molar-refractivity contribution in [3.05, 3.63) is 64.1 Å². The Morgan fingerprint density at radius 2 is 1.88 bits per heavy atom. The molecule has 2 N–H and O–H groups in total. The van der Waals surface area contributed by atoms with Crippen molar-refractivity contribution in [1.82, 2.24) is 9.82 Å². The number of aromatic amines is 1. The average Bonchev–Trinajstić information content (AvgIpc) is 2.93. The molecule has 3 rings (SSSR count). The van der Waals surface area contributed by atoms with Crippen molar-refractivity contribution in [2.75, 3.05) is 0 Å². The van der Waals surface area contributed by atoms with E-state index in [1.807, 2.05) is 4.83 Å². The Hall–Kier alpha value is -3.08. The van der Waals surface area contributed by atoms with Crippen molar-refractivity contribution in [1.29, 1.82) is 0 Å². The lowest BCUT2D eigenvalue weighted by Gasteiger charge is -2.09. The number of halogens is 3. The molecule has 26 heavy (non-hydrogen) atoms. The van der Waals surface area contributed by atoms with Crippen molar-refractivity contribution in [2.45, 2.75) is 11.1 Å². The number of nitrogens with zero attached hydrogens (tertiary/aromatic N) is 1. The number of hydrazone groups is 1. The van der Waals surface area contributed by atoms with Crippen molar-refractivity contribution in [3.8, 4) is 0 Å². The summed E-state index contributed by atoms with van der Waals surface area (Å²) in [6.07, 6.45) is -3.84. The monoisotopic (exact) mass is 385 g/mol. The number of benzene rings is 2. The van der Waals surface area contributed by atoms with Gasteiger partial charge in [-0.05, 0) is 18.2 Å². The maximum atomic E-state index is 12.9. The molecule has 0 atom stereocenters. The van der Waals surface area contributed by atoms with E-state index in [1.165, 1.54) is 24.3 Å². The first-order chi connectivity index (χ1) is 12.2. The number of nitrogens with one attached hydrogen (secondary N) is 2. The first kappa shape index (κ1) is 17.7. The highest BCUT2D eigenvalue weighted by Crippen LogP contribution is 2.31. The van der Waals surface area contributed by atoms with Crippen LogP contribution in [0.2, 0.25) is 0 Å². The molecule has 11 heteroatoms. The Kier molecular flexibility index (Phi) is 4.32. The maximum Gasteiger partial charge on any atom is 0.417 e. The predicted molar refractivity (Wildman–Crippen MR) is 86.2 cm³/mol. The number of oxazole rings is 1. The molecule has 1 aromatic heterocycles. The van der Waals surface area contributed by atoms with Gasteiger partial charge in [-0.2, -0.15) is 26.7 Å². The van der Waals surface area contributed by atoms with Gasteiger partial charge in [0.2, 0.25) is 0 Å². The number of fused-ring (bicyclic) bond motifs is 1. The second-order valence-corrected chi connectivity index (χ2v) is 6.77. The summed E-state index contributed by atoms with van der Waals surface area (Å²) in [5, 5.41) is 3.39. The maximum absolute atomic E-state index is 12.9. The van der Waals surface area contributed by atoms with Crippen LogP contribution in [0.25, 0.3) is 11.1 Å². The number of hydrogen-bond donors (Lipinski definition) is 2. The van der Waals surface area contributed by atoms with Crippen LogP contribution >= 0.6 is 0 Å². The highest BCUT2D eigenvalue weighted by molar-refractivity contribution is 7.89. The Morgan fingerprint density at radius 3 is 2.62 bits per heavy atom. The average molecular weight is 385 g/mol. The van der Waals surface area contributed by atoms with E-state index in [0.29, 0.717) is 5.52 Å². The number of sulfonamides is 1. The molecule has 1 heterocycles. The van der Waals surface area contributed by atoms with Gasteiger partial charge in [0, 0.05) is 11.6 Å². The van der Waals surface area contributed by atoms with Gasteiger partial charge in [0.25, 0.3) is 10.0 Å². The lowest BCUT2D eigenvalue weighted by molar-refractivity contribution is -0.137. The first-order valence-corrected chi connectivity index (χ1v) is 8.49. The van der Waals surface area contributed by atoms with Crippen LogP contribution in [0.3, 0.4) is 0 Å². The van der Waals surface area contributed by atoms with Crippen LogP contribution in [0.4, 0.5) is 13.2 Å². The van der Waals surface area contributed by atoms with Gasteiger partial charge >= 0.3 is 11.9 Å². The minimum atomic E-state index is -4.60. The van der Waals surface area contributed by atoms with Crippen molar-refractivity contribution in [3.63, 3.8) is 0 Å². The number of H-pyrrole nitrogens is 1. The molecular weight excluding hydrogens is 375 g/mol. The summed E-state index contributed by atoms with van der Waals surface area (Å²) in [4.78, 5) is 15.0. The molecule has 0 aliphatic rings. The second kappa shape index (κ2) is 6.33. The smallest absolute Gasteiger partial charge is 0.408 e. The normalized spacial score (nSPS) is 12.7. The number of rotatable bonds is 4. The first-order valence-electron chi connectivity index (χ1n) is 7.01. The van der Waals surface area contributed by atoms with E-state index in [2.05, 4.69) is 10.1 Å². The van der Waals surface area contributed by atoms with Crippen molar-refractivity contribution in [2.24, 2.45) is 5.10 Å². The molecule has 0 fully saturated rings. The zero-order chi connectivity index (χ0) is 18.9. The van der Waals surface area contributed by atoms with Crippen molar-refractivity contribution >= 4 is 27.3 Å². The van der Waals surface area contributed by atoms with E-state index < -0.39 is 27.5 Å². The molecule has 0 amide bonds. The standard InChI is InChI=1S/C15H10F3N3O4S/c16-15(17,18)11-4-2-1-3-9(11)8-19-21-26(23,24)10-5-6-12-13(7-10)25-14(22)20-12/h1-8,21H,(H,20,22)/b19-8+. The molecule has 0 aliphatic heterocycles. The van der Waals surface area contributed by atoms with Crippen LogP contribution in [-0.4, -0.2) is 19.6 Å². The predicted octanol–water partition coefficient (Wildman–Crippen LogP) is 2.45. The minimum absolute atomic E-state index is 0.0178. The van der Waals surface area contributed by atoms with Gasteiger partial charge in [-0.25, -0.2) is 9.63 Å². The lowest BCUT2D eigenvalue weighted by atomic mass is 10.1. The Morgan fingerprint density at radius 1 is 1.15 bits per heavy atom. The van der Waals surface area contributed by atoms with Gasteiger partial charge in [-0.1, -0.05) is 18.2 Å². The zero-order valence-corrected chi connectivity index (χ0v) is 13.6. The summed E-state index contributed by atoms with van der Waals surface area (Å²) in [5.41, 5.74) is -0.922. The fourth-order valence-electron chi connectivity index (χ4n) is 2.18. The van der Waals surface area contributed by atoms with Crippen molar-refractivity contribution < 1.29 is 26.0 Å². The number of hydrogen-bond acceptors (Lipinski definition) is 5. The summed E-state index contributed by atoms with van der Waals surface area (Å²) in [5.74, 6) is -0.746. The highest BCUT2D eigenvalue weighted by atomic mass is 32.2. The molecule has 0 unspecified atom stereocenters. The molecule has 0 spiro atoms. The van der Waals surface area contributed by atoms with Crippen LogP contribution in [0, 0.1) is 0 Å². The number of alkyl halides is 3. The van der Waals surface area contributed by atoms with Crippen LogP contribution in [0.1, 0.15) is 11.1 Å². The fourth-order valence-corrected chi connectivity index (χ4v) is 2.98. The highest BCUT2D eigenvalue weighted by Gasteiger charge is 2.32. The molecule has 0 bridgehead atoms. The molecule has 0 saturated carbocycles. The van der Waals surface area contributed by atoms with E-state index in [-0.39, 0.29) is 16.0 Å². The van der Waals surface area contributed by atoms with E-state index >= 15 is 0 Å². The number of aromatic nitrogens is 1. The Bertz CT molecular complexity index is 1150. The summed E-state index contributed by atoms with van der Waals surface area (Å²) >= 11 is 0. The SMILES string of the molecule is O=c1[nH]c2ccc(S(=O)(=O)N/N=C/c3ccccc3C(F)(F)F)cc2o1. The topological polar surface area (TPSA) is 105 Å².